The number of piperidine rings is 1. The van der Waals surface area contributed by atoms with Gasteiger partial charge in [-0.05, 0) is 60.9 Å². The number of benzene rings is 1. The molecule has 0 unspecified atom stereocenters. The van der Waals surface area contributed by atoms with Gasteiger partial charge in [-0.25, -0.2) is 0 Å². The highest BCUT2D eigenvalue weighted by atomic mass is 15.1. The van der Waals surface area contributed by atoms with Crippen molar-refractivity contribution in [1.82, 2.24) is 4.90 Å². The minimum absolute atomic E-state index is 0.463. The fourth-order valence-electron chi connectivity index (χ4n) is 3.26. The summed E-state index contributed by atoms with van der Waals surface area (Å²) in [4.78, 5) is 2.60. The van der Waals surface area contributed by atoms with Gasteiger partial charge in [-0.2, -0.15) is 0 Å². The molecule has 2 nitrogen and oxygen atoms in total. The first-order valence-electron chi connectivity index (χ1n) is 7.91. The molecule has 1 aliphatic rings. The molecule has 1 aliphatic heterocycles. The predicted octanol–water partition coefficient (Wildman–Crippen LogP) is 3.71. The van der Waals surface area contributed by atoms with Crippen LogP contribution in [-0.2, 0) is 13.1 Å². The molecule has 1 fully saturated rings. The van der Waals surface area contributed by atoms with Gasteiger partial charge in [0, 0.05) is 13.1 Å². The summed E-state index contributed by atoms with van der Waals surface area (Å²) >= 11 is 0. The smallest absolute Gasteiger partial charge is 0.0236 e. The Hall–Kier alpha value is -0.860. The van der Waals surface area contributed by atoms with Crippen molar-refractivity contribution in [3.8, 4) is 0 Å². The van der Waals surface area contributed by atoms with Crippen LogP contribution in [0, 0.1) is 18.3 Å². The zero-order valence-corrected chi connectivity index (χ0v) is 13.6. The van der Waals surface area contributed by atoms with Crippen LogP contribution >= 0.6 is 0 Å². The van der Waals surface area contributed by atoms with Crippen molar-refractivity contribution >= 4 is 0 Å². The SMILES string of the molecule is Cc1cc(CN)ccc1CN1CCC(C(C)(C)C)CC1. The molecule has 112 valence electrons. The van der Waals surface area contributed by atoms with Crippen LogP contribution < -0.4 is 5.73 Å². The first-order valence-corrected chi connectivity index (χ1v) is 7.91. The van der Waals surface area contributed by atoms with Crippen LogP contribution in [0.2, 0.25) is 0 Å². The van der Waals surface area contributed by atoms with Crippen LogP contribution in [0.1, 0.15) is 50.3 Å². The van der Waals surface area contributed by atoms with E-state index in [1.807, 2.05) is 0 Å². The highest BCUT2D eigenvalue weighted by Gasteiger charge is 2.28. The molecule has 0 aliphatic carbocycles. The number of nitrogens with zero attached hydrogens (tertiary/aromatic N) is 1. The van der Waals surface area contributed by atoms with Crippen LogP contribution in [0.4, 0.5) is 0 Å². The van der Waals surface area contributed by atoms with Crippen molar-refractivity contribution in [2.24, 2.45) is 17.1 Å². The standard InChI is InChI=1S/C18H30N2/c1-14-11-15(12-19)5-6-16(14)13-20-9-7-17(8-10-20)18(2,3)4/h5-6,11,17H,7-10,12-13,19H2,1-4H3. The second-order valence-electron chi connectivity index (χ2n) is 7.38. The lowest BCUT2D eigenvalue weighted by atomic mass is 9.75. The van der Waals surface area contributed by atoms with Crippen LogP contribution in [0.3, 0.4) is 0 Å². The van der Waals surface area contributed by atoms with Crippen molar-refractivity contribution in [2.75, 3.05) is 13.1 Å². The largest absolute Gasteiger partial charge is 0.326 e. The van der Waals surface area contributed by atoms with Gasteiger partial charge in [0.1, 0.15) is 0 Å². The van der Waals surface area contributed by atoms with Crippen molar-refractivity contribution < 1.29 is 0 Å². The molecule has 2 heteroatoms. The zero-order chi connectivity index (χ0) is 14.8. The van der Waals surface area contributed by atoms with Crippen LogP contribution in [0.25, 0.3) is 0 Å². The highest BCUT2D eigenvalue weighted by molar-refractivity contribution is 5.31. The maximum atomic E-state index is 5.70. The number of aryl methyl sites for hydroxylation is 1. The molecule has 0 bridgehead atoms. The Bertz CT molecular complexity index is 437. The fourth-order valence-corrected chi connectivity index (χ4v) is 3.26. The van der Waals surface area contributed by atoms with Crippen LogP contribution in [-0.4, -0.2) is 18.0 Å². The van der Waals surface area contributed by atoms with Crippen molar-refractivity contribution in [3.05, 3.63) is 34.9 Å². The van der Waals surface area contributed by atoms with E-state index < -0.39 is 0 Å². The molecule has 20 heavy (non-hydrogen) atoms. The van der Waals surface area contributed by atoms with E-state index in [1.54, 1.807) is 0 Å². The molecule has 0 amide bonds. The van der Waals surface area contributed by atoms with Crippen LogP contribution in [0.15, 0.2) is 18.2 Å². The number of hydrogen-bond acceptors (Lipinski definition) is 2. The highest BCUT2D eigenvalue weighted by Crippen LogP contribution is 2.34. The lowest BCUT2D eigenvalue weighted by Gasteiger charge is -2.39. The summed E-state index contributed by atoms with van der Waals surface area (Å²) in [5.74, 6) is 0.875. The van der Waals surface area contributed by atoms with Gasteiger partial charge >= 0.3 is 0 Å². The molecule has 0 spiro atoms. The Balaban J connectivity index is 1.93. The van der Waals surface area contributed by atoms with E-state index in [0.29, 0.717) is 12.0 Å². The molecule has 0 aromatic heterocycles. The second-order valence-corrected chi connectivity index (χ2v) is 7.38. The third-order valence-corrected chi connectivity index (χ3v) is 4.85. The van der Waals surface area contributed by atoms with E-state index in [2.05, 4.69) is 50.8 Å². The third-order valence-electron chi connectivity index (χ3n) is 4.85. The molecule has 1 saturated heterocycles. The van der Waals surface area contributed by atoms with Gasteiger partial charge in [0.15, 0.2) is 0 Å². The van der Waals surface area contributed by atoms with E-state index in [1.165, 1.54) is 42.6 Å². The van der Waals surface area contributed by atoms with E-state index in [4.69, 9.17) is 5.73 Å². The van der Waals surface area contributed by atoms with Crippen molar-refractivity contribution in [3.63, 3.8) is 0 Å². The van der Waals surface area contributed by atoms with Gasteiger partial charge in [-0.3, -0.25) is 4.90 Å². The monoisotopic (exact) mass is 274 g/mol. The third kappa shape index (κ3) is 3.83. The topological polar surface area (TPSA) is 29.3 Å². The van der Waals surface area contributed by atoms with E-state index in [0.717, 1.165) is 12.5 Å². The van der Waals surface area contributed by atoms with Gasteiger partial charge in [-0.15, -0.1) is 0 Å². The number of nitrogens with two attached hydrogens (primary N) is 1. The van der Waals surface area contributed by atoms with Crippen molar-refractivity contribution in [2.45, 2.75) is 53.6 Å². The maximum absolute atomic E-state index is 5.70. The van der Waals surface area contributed by atoms with Gasteiger partial charge in [0.25, 0.3) is 0 Å². The molecular weight excluding hydrogens is 244 g/mol. The van der Waals surface area contributed by atoms with Gasteiger partial charge in [0.2, 0.25) is 0 Å². The molecule has 0 radical (unpaired) electrons. The van der Waals surface area contributed by atoms with Gasteiger partial charge in [0.05, 0.1) is 0 Å². The van der Waals surface area contributed by atoms with E-state index in [9.17, 15) is 0 Å². The molecule has 0 atom stereocenters. The first-order chi connectivity index (χ1) is 9.40. The second kappa shape index (κ2) is 6.28. The summed E-state index contributed by atoms with van der Waals surface area (Å²) in [7, 11) is 0. The molecular formula is C18H30N2. The summed E-state index contributed by atoms with van der Waals surface area (Å²) in [5, 5.41) is 0. The van der Waals surface area contributed by atoms with E-state index >= 15 is 0 Å². The normalized spacial score (nSPS) is 18.4. The summed E-state index contributed by atoms with van der Waals surface area (Å²) < 4.78 is 0. The zero-order valence-electron chi connectivity index (χ0n) is 13.6. The lowest BCUT2D eigenvalue weighted by Crippen LogP contribution is -2.37. The van der Waals surface area contributed by atoms with E-state index in [-0.39, 0.29) is 0 Å². The number of hydrogen-bond donors (Lipinski definition) is 1. The van der Waals surface area contributed by atoms with Crippen molar-refractivity contribution in [1.29, 1.82) is 0 Å². The number of likely N-dealkylation sites (tertiary alicyclic amines) is 1. The Morgan fingerprint density at radius 2 is 1.85 bits per heavy atom. The van der Waals surface area contributed by atoms with Crippen LogP contribution in [0.5, 0.6) is 0 Å². The first kappa shape index (κ1) is 15.5. The average Bonchev–Trinajstić information content (AvgIpc) is 2.40. The summed E-state index contributed by atoms with van der Waals surface area (Å²) in [5.41, 5.74) is 10.2. The summed E-state index contributed by atoms with van der Waals surface area (Å²) in [6.45, 7) is 13.5. The molecule has 1 aromatic carbocycles. The lowest BCUT2D eigenvalue weighted by molar-refractivity contribution is 0.108. The molecule has 2 N–H and O–H groups in total. The summed E-state index contributed by atoms with van der Waals surface area (Å²) in [6, 6.07) is 6.66. The fraction of sp³-hybridized carbons (Fsp3) is 0.667. The Labute approximate surface area is 124 Å². The van der Waals surface area contributed by atoms with Gasteiger partial charge < -0.3 is 5.73 Å². The molecule has 1 heterocycles. The predicted molar refractivity (Wildman–Crippen MR) is 86.5 cm³/mol. The Morgan fingerprint density at radius 1 is 1.20 bits per heavy atom. The quantitative estimate of drug-likeness (QED) is 0.910. The molecule has 0 saturated carbocycles. The Morgan fingerprint density at radius 3 is 2.35 bits per heavy atom. The molecule has 2 rings (SSSR count). The Kier molecular flexibility index (Phi) is 4.87. The van der Waals surface area contributed by atoms with Gasteiger partial charge in [-0.1, -0.05) is 39.0 Å². The maximum Gasteiger partial charge on any atom is 0.0236 e. The minimum Gasteiger partial charge on any atom is -0.326 e. The molecule has 1 aromatic rings. The summed E-state index contributed by atoms with van der Waals surface area (Å²) in [6.07, 6.45) is 2.67. The number of rotatable bonds is 3. The average molecular weight is 274 g/mol. The minimum atomic E-state index is 0.463.